The van der Waals surface area contributed by atoms with E-state index in [0.29, 0.717) is 0 Å². The molecule has 0 amide bonds. The molecule has 1 aromatic carbocycles. The highest BCUT2D eigenvalue weighted by molar-refractivity contribution is 6.32. The third-order valence-corrected chi connectivity index (χ3v) is 2.23. The summed E-state index contributed by atoms with van der Waals surface area (Å²) in [6.45, 7) is 3.41. The first-order chi connectivity index (χ1) is 6.99. The highest BCUT2D eigenvalue weighted by Gasteiger charge is 2.23. The van der Waals surface area contributed by atoms with Crippen LogP contribution in [0.2, 0.25) is 5.02 Å². The molecule has 7 heteroatoms. The maximum absolute atomic E-state index is 10.7. The Morgan fingerprint density at radius 1 is 1.62 bits per heavy atom. The molecule has 0 fully saturated rings. The lowest BCUT2D eigenvalue weighted by Crippen LogP contribution is -2.09. The number of nitrogens with two attached hydrogens (primary N) is 1. The fourth-order valence-electron chi connectivity index (χ4n) is 1.18. The maximum atomic E-state index is 10.7. The van der Waals surface area contributed by atoms with E-state index >= 15 is 0 Å². The second-order valence-corrected chi connectivity index (χ2v) is 3.25. The molecule has 0 aliphatic rings. The van der Waals surface area contributed by atoms with Crippen LogP contribution in [0.15, 0.2) is 24.8 Å². The minimum Gasteiger partial charge on any atom is -0.506 e. The number of hydrogen-bond donors (Lipinski definition) is 2. The van der Waals surface area contributed by atoms with Gasteiger partial charge in [-0.05, 0) is 6.07 Å². The number of nitro benzene ring substituents is 1. The first kappa shape index (κ1) is 14.7. The van der Waals surface area contributed by atoms with Crippen LogP contribution >= 0.6 is 24.0 Å². The van der Waals surface area contributed by atoms with Crippen LogP contribution in [0.1, 0.15) is 11.6 Å². The summed E-state index contributed by atoms with van der Waals surface area (Å²) in [6, 6.07) is 1.61. The smallest absolute Gasteiger partial charge is 0.278 e. The average Bonchev–Trinajstić information content (AvgIpc) is 2.20. The molecule has 1 aromatic rings. The van der Waals surface area contributed by atoms with E-state index in [1.807, 2.05) is 0 Å². The van der Waals surface area contributed by atoms with E-state index in [0.717, 1.165) is 0 Å². The number of aromatic hydroxyl groups is 1. The van der Waals surface area contributed by atoms with E-state index in [1.165, 1.54) is 18.2 Å². The molecule has 1 rings (SSSR count). The summed E-state index contributed by atoms with van der Waals surface area (Å²) in [5.41, 5.74) is 5.26. The zero-order chi connectivity index (χ0) is 11.6. The first-order valence-electron chi connectivity index (χ1n) is 4.03. The van der Waals surface area contributed by atoms with E-state index in [9.17, 15) is 15.2 Å². The molecule has 0 spiro atoms. The molecular weight excluding hydrogens is 255 g/mol. The second kappa shape index (κ2) is 5.69. The zero-order valence-electron chi connectivity index (χ0n) is 8.09. The van der Waals surface area contributed by atoms with Gasteiger partial charge in [-0.25, -0.2) is 0 Å². The lowest BCUT2D eigenvalue weighted by atomic mass is 10.0. The number of hydrogen-bond acceptors (Lipinski definition) is 4. The quantitative estimate of drug-likeness (QED) is 0.499. The summed E-state index contributed by atoms with van der Waals surface area (Å²) < 4.78 is 0. The molecule has 0 bridgehead atoms. The second-order valence-electron chi connectivity index (χ2n) is 2.85. The van der Waals surface area contributed by atoms with E-state index in [2.05, 4.69) is 6.58 Å². The van der Waals surface area contributed by atoms with Gasteiger partial charge >= 0.3 is 0 Å². The monoisotopic (exact) mass is 264 g/mol. The lowest BCUT2D eigenvalue weighted by Gasteiger charge is -2.10. The van der Waals surface area contributed by atoms with Crippen LogP contribution in [-0.4, -0.2) is 10.0 Å². The summed E-state index contributed by atoms with van der Waals surface area (Å²) in [7, 11) is 0. The van der Waals surface area contributed by atoms with Crippen LogP contribution < -0.4 is 5.73 Å². The van der Waals surface area contributed by atoms with Crippen molar-refractivity contribution >= 4 is 29.7 Å². The summed E-state index contributed by atoms with van der Waals surface area (Å²) in [6.07, 6.45) is 1.29. The highest BCUT2D eigenvalue weighted by Crippen LogP contribution is 2.37. The van der Waals surface area contributed by atoms with Crippen molar-refractivity contribution in [3.63, 3.8) is 0 Å². The van der Waals surface area contributed by atoms with Crippen molar-refractivity contribution in [2.75, 3.05) is 0 Å². The van der Waals surface area contributed by atoms with Crippen molar-refractivity contribution in [3.05, 3.63) is 45.5 Å². The topological polar surface area (TPSA) is 89.4 Å². The summed E-state index contributed by atoms with van der Waals surface area (Å²) in [4.78, 5) is 10.0. The Balaban J connectivity index is 0.00000225. The van der Waals surface area contributed by atoms with Gasteiger partial charge in [0, 0.05) is 6.07 Å². The van der Waals surface area contributed by atoms with Gasteiger partial charge in [-0.3, -0.25) is 10.1 Å². The third-order valence-electron chi connectivity index (χ3n) is 1.93. The van der Waals surface area contributed by atoms with Gasteiger partial charge in [0.25, 0.3) is 5.69 Å². The Morgan fingerprint density at radius 3 is 2.62 bits per heavy atom. The van der Waals surface area contributed by atoms with Gasteiger partial charge < -0.3 is 10.8 Å². The van der Waals surface area contributed by atoms with Crippen molar-refractivity contribution in [1.82, 2.24) is 0 Å². The fraction of sp³-hybridized carbons (Fsp3) is 0.111. The lowest BCUT2D eigenvalue weighted by molar-refractivity contribution is -0.385. The van der Waals surface area contributed by atoms with Gasteiger partial charge in [0.05, 0.1) is 21.6 Å². The Labute approximate surface area is 103 Å². The number of rotatable bonds is 3. The minimum atomic E-state index is -0.830. The van der Waals surface area contributed by atoms with E-state index in [4.69, 9.17) is 17.3 Å². The maximum Gasteiger partial charge on any atom is 0.278 e. The van der Waals surface area contributed by atoms with Crippen LogP contribution in [0.25, 0.3) is 0 Å². The van der Waals surface area contributed by atoms with E-state index in [1.54, 1.807) is 0 Å². The number of phenols is 1. The van der Waals surface area contributed by atoms with Crippen LogP contribution in [0, 0.1) is 10.1 Å². The van der Waals surface area contributed by atoms with Gasteiger partial charge in [0.15, 0.2) is 0 Å². The van der Waals surface area contributed by atoms with Crippen molar-refractivity contribution in [2.24, 2.45) is 5.73 Å². The first-order valence-corrected chi connectivity index (χ1v) is 4.40. The minimum absolute atomic E-state index is 0. The van der Waals surface area contributed by atoms with Gasteiger partial charge in [-0.15, -0.1) is 19.0 Å². The van der Waals surface area contributed by atoms with E-state index in [-0.39, 0.29) is 34.4 Å². The molecule has 0 aliphatic heterocycles. The third kappa shape index (κ3) is 2.63. The van der Waals surface area contributed by atoms with Gasteiger partial charge in [-0.2, -0.15) is 0 Å². The molecule has 5 nitrogen and oxygen atoms in total. The number of phenolic OH excluding ortho intramolecular Hbond substituents is 1. The standard InChI is InChI=1S/C9H9ClN2O3.ClH/c1-2-6(11)8-7(12(14)15)4-3-5(10)9(8)13;/h2-4,6,13H,1,11H2;1H/t6-;/m1./s1. The molecule has 0 aromatic heterocycles. The molecule has 0 unspecified atom stereocenters. The van der Waals surface area contributed by atoms with Crippen LogP contribution in [0.5, 0.6) is 5.75 Å². The van der Waals surface area contributed by atoms with Crippen molar-refractivity contribution < 1.29 is 10.0 Å². The normalized spacial score (nSPS) is 11.4. The Morgan fingerprint density at radius 2 is 2.19 bits per heavy atom. The largest absolute Gasteiger partial charge is 0.506 e. The SMILES string of the molecule is C=C[C@@H](N)c1c([N+](=O)[O-])ccc(Cl)c1O.Cl. The van der Waals surface area contributed by atoms with Crippen molar-refractivity contribution in [1.29, 1.82) is 0 Å². The van der Waals surface area contributed by atoms with Crippen molar-refractivity contribution in [3.8, 4) is 5.75 Å². The Bertz CT molecular complexity index is 423. The predicted molar refractivity (Wildman–Crippen MR) is 64.1 cm³/mol. The highest BCUT2D eigenvalue weighted by atomic mass is 35.5. The Kier molecular flexibility index (Phi) is 5.23. The van der Waals surface area contributed by atoms with Gasteiger partial charge in [-0.1, -0.05) is 17.7 Å². The predicted octanol–water partition coefficient (Wildman–Crippen LogP) is 2.56. The van der Waals surface area contributed by atoms with Gasteiger partial charge in [0.2, 0.25) is 0 Å². The zero-order valence-corrected chi connectivity index (χ0v) is 9.66. The molecule has 0 saturated carbocycles. The van der Waals surface area contributed by atoms with Crippen LogP contribution in [0.3, 0.4) is 0 Å². The molecule has 16 heavy (non-hydrogen) atoms. The molecule has 3 N–H and O–H groups in total. The fourth-order valence-corrected chi connectivity index (χ4v) is 1.34. The van der Waals surface area contributed by atoms with E-state index < -0.39 is 11.0 Å². The summed E-state index contributed by atoms with van der Waals surface area (Å²) >= 11 is 5.63. The molecule has 0 aliphatic carbocycles. The number of nitro groups is 1. The number of nitrogens with zero attached hydrogens (tertiary/aromatic N) is 1. The number of benzene rings is 1. The molecule has 0 heterocycles. The average molecular weight is 265 g/mol. The molecule has 88 valence electrons. The Hall–Kier alpha value is -1.30. The molecule has 0 saturated heterocycles. The van der Waals surface area contributed by atoms with Crippen LogP contribution in [0.4, 0.5) is 5.69 Å². The van der Waals surface area contributed by atoms with Crippen LogP contribution in [-0.2, 0) is 0 Å². The molecule has 0 radical (unpaired) electrons. The van der Waals surface area contributed by atoms with Crippen molar-refractivity contribution in [2.45, 2.75) is 6.04 Å². The molecule has 1 atom stereocenters. The number of halogens is 2. The molecular formula is C9H10Cl2N2O3. The summed E-state index contributed by atoms with van der Waals surface area (Å²) in [5.74, 6) is -0.377. The van der Waals surface area contributed by atoms with Gasteiger partial charge in [0.1, 0.15) is 5.75 Å². The summed E-state index contributed by atoms with van der Waals surface area (Å²) in [5, 5.41) is 20.3.